The molecular weight excluding hydrogens is 340 g/mol. The molecule has 2 nitrogen and oxygen atoms in total. The van der Waals surface area contributed by atoms with E-state index in [1.807, 2.05) is 36.4 Å². The summed E-state index contributed by atoms with van der Waals surface area (Å²) in [6.45, 7) is 4.49. The maximum atomic E-state index is 13.2. The molecule has 0 N–H and O–H groups in total. The Morgan fingerprint density at radius 3 is 2.35 bits per heavy atom. The van der Waals surface area contributed by atoms with E-state index < -0.39 is 10.8 Å². The molecule has 2 fully saturated rings. The summed E-state index contributed by atoms with van der Waals surface area (Å²) in [7, 11) is -0.982. The molecule has 0 spiro atoms. The molecule has 1 heterocycles. The molecule has 3 heteroatoms. The maximum Gasteiger partial charge on any atom is 0.118 e. The molecule has 136 valence electrons. The molecule has 26 heavy (non-hydrogen) atoms. The highest BCUT2D eigenvalue weighted by Crippen LogP contribution is 2.55. The number of hydrogen-bond donors (Lipinski definition) is 0. The molecule has 0 bridgehead atoms. The van der Waals surface area contributed by atoms with Crippen LogP contribution in [0.25, 0.3) is 6.08 Å². The Hall–Kier alpha value is -1.71. The molecule has 0 aromatic heterocycles. The van der Waals surface area contributed by atoms with Crippen LogP contribution >= 0.6 is 0 Å². The van der Waals surface area contributed by atoms with Gasteiger partial charge in [-0.1, -0.05) is 68.5 Å². The van der Waals surface area contributed by atoms with Gasteiger partial charge in [0.15, 0.2) is 0 Å². The fourth-order valence-corrected chi connectivity index (χ4v) is 5.82. The van der Waals surface area contributed by atoms with Crippen molar-refractivity contribution in [1.82, 2.24) is 0 Å². The Balaban J connectivity index is 1.68. The van der Waals surface area contributed by atoms with E-state index in [1.54, 1.807) is 0 Å². The van der Waals surface area contributed by atoms with Crippen LogP contribution < -0.4 is 0 Å². The zero-order chi connectivity index (χ0) is 18.1. The number of hydrogen-bond acceptors (Lipinski definition) is 2. The van der Waals surface area contributed by atoms with E-state index in [0.29, 0.717) is 5.92 Å². The molecule has 1 saturated carbocycles. The van der Waals surface area contributed by atoms with Crippen molar-refractivity contribution in [2.24, 2.45) is 5.92 Å². The van der Waals surface area contributed by atoms with Gasteiger partial charge >= 0.3 is 0 Å². The number of ether oxygens (including phenoxy) is 1. The van der Waals surface area contributed by atoms with Gasteiger partial charge in [0.25, 0.3) is 0 Å². The molecular formula is C23H26O2S. The summed E-state index contributed by atoms with van der Waals surface area (Å²) >= 11 is 0. The summed E-state index contributed by atoms with van der Waals surface area (Å²) in [5, 5.41) is 0.152. The van der Waals surface area contributed by atoms with Gasteiger partial charge in [0.2, 0.25) is 0 Å². The third kappa shape index (κ3) is 3.19. The third-order valence-electron chi connectivity index (χ3n) is 5.74. The minimum Gasteiger partial charge on any atom is -0.361 e. The van der Waals surface area contributed by atoms with Crippen molar-refractivity contribution in [2.75, 3.05) is 0 Å². The molecule has 0 amide bonds. The lowest BCUT2D eigenvalue weighted by Gasteiger charge is -2.23. The van der Waals surface area contributed by atoms with Crippen molar-refractivity contribution >= 4 is 16.9 Å². The van der Waals surface area contributed by atoms with Crippen LogP contribution in [0.4, 0.5) is 0 Å². The molecule has 2 aromatic rings. The number of benzene rings is 2. The average Bonchev–Trinajstić information content (AvgIpc) is 3.42. The van der Waals surface area contributed by atoms with Crippen LogP contribution in [0.5, 0.6) is 0 Å². The highest BCUT2D eigenvalue weighted by molar-refractivity contribution is 7.85. The zero-order valence-electron chi connectivity index (χ0n) is 15.4. The van der Waals surface area contributed by atoms with Crippen LogP contribution in [0.15, 0.2) is 71.1 Å². The standard InChI is InChI=1S/C23H26O2S/c1-17(2)23-19(15-18-9-5-3-6-10-18)16-21(13-14-22(23)25-23)26(24)20-11-7-4-8-12-20/h3-12,15,17,21-22H,13-14,16H2,1-2H3/b19-15+/t21-,22-,23+,26?/m1/s1. The van der Waals surface area contributed by atoms with E-state index in [-0.39, 0.29) is 17.0 Å². The van der Waals surface area contributed by atoms with Crippen molar-refractivity contribution in [2.45, 2.75) is 55.0 Å². The van der Waals surface area contributed by atoms with Crippen LogP contribution in [-0.2, 0) is 15.5 Å². The van der Waals surface area contributed by atoms with Crippen LogP contribution in [0.2, 0.25) is 0 Å². The van der Waals surface area contributed by atoms with Crippen LogP contribution in [-0.4, -0.2) is 21.2 Å². The Labute approximate surface area is 158 Å². The van der Waals surface area contributed by atoms with Gasteiger partial charge in [-0.05, 0) is 48.4 Å². The molecule has 1 aliphatic heterocycles. The van der Waals surface area contributed by atoms with Crippen molar-refractivity contribution in [1.29, 1.82) is 0 Å². The lowest BCUT2D eigenvalue weighted by atomic mass is 9.83. The Bertz CT molecular complexity index is 813. The zero-order valence-corrected chi connectivity index (χ0v) is 16.2. The summed E-state index contributed by atoms with van der Waals surface area (Å²) in [6, 6.07) is 20.3. The highest BCUT2D eigenvalue weighted by Gasteiger charge is 2.61. The first-order chi connectivity index (χ1) is 12.6. The molecule has 1 saturated heterocycles. The normalized spacial score (nSPS) is 30.7. The third-order valence-corrected chi connectivity index (χ3v) is 7.48. The van der Waals surface area contributed by atoms with Crippen molar-refractivity contribution in [3.05, 3.63) is 71.8 Å². The first kappa shape index (κ1) is 17.7. The largest absolute Gasteiger partial charge is 0.361 e. The summed E-state index contributed by atoms with van der Waals surface area (Å²) in [4.78, 5) is 0.937. The quantitative estimate of drug-likeness (QED) is 0.694. The summed E-state index contributed by atoms with van der Waals surface area (Å²) in [6.07, 6.45) is 5.33. The molecule has 2 aromatic carbocycles. The fraction of sp³-hybridized carbons (Fsp3) is 0.391. The molecule has 0 radical (unpaired) electrons. The molecule has 1 unspecified atom stereocenters. The molecule has 2 aliphatic rings. The number of rotatable bonds is 4. The van der Waals surface area contributed by atoms with Gasteiger partial charge in [0.05, 0.1) is 16.9 Å². The first-order valence-corrected chi connectivity index (χ1v) is 10.7. The second-order valence-corrected chi connectivity index (χ2v) is 9.38. The van der Waals surface area contributed by atoms with Gasteiger partial charge < -0.3 is 4.74 Å². The van der Waals surface area contributed by atoms with Gasteiger partial charge in [-0.3, -0.25) is 4.21 Å². The lowest BCUT2D eigenvalue weighted by molar-refractivity contribution is 0.258. The van der Waals surface area contributed by atoms with Crippen LogP contribution in [0.3, 0.4) is 0 Å². The summed E-state index contributed by atoms with van der Waals surface area (Å²) in [5.74, 6) is 0.423. The van der Waals surface area contributed by atoms with Crippen molar-refractivity contribution in [3.63, 3.8) is 0 Å². The van der Waals surface area contributed by atoms with Gasteiger partial charge in [-0.2, -0.15) is 0 Å². The Kier molecular flexibility index (Phi) is 4.85. The fourth-order valence-electron chi connectivity index (χ4n) is 4.33. The maximum absolute atomic E-state index is 13.2. The minimum absolute atomic E-state index is 0.152. The average molecular weight is 367 g/mol. The predicted molar refractivity (Wildman–Crippen MR) is 107 cm³/mol. The van der Waals surface area contributed by atoms with E-state index in [1.165, 1.54) is 11.1 Å². The first-order valence-electron chi connectivity index (χ1n) is 9.51. The highest BCUT2D eigenvalue weighted by atomic mass is 32.2. The SMILES string of the molecule is CC(C)[C@@]12O[C@@H]1CC[C@@H](S(=O)c1ccccc1)C/C2=C\c1ccccc1. The minimum atomic E-state index is -0.982. The van der Waals surface area contributed by atoms with E-state index in [9.17, 15) is 4.21 Å². The van der Waals surface area contributed by atoms with Crippen molar-refractivity contribution in [3.8, 4) is 0 Å². The van der Waals surface area contributed by atoms with E-state index in [2.05, 4.69) is 44.2 Å². The molecule has 4 rings (SSSR count). The smallest absolute Gasteiger partial charge is 0.118 e. The van der Waals surface area contributed by atoms with Gasteiger partial charge in [0, 0.05) is 10.1 Å². The van der Waals surface area contributed by atoms with E-state index in [0.717, 1.165) is 24.2 Å². The van der Waals surface area contributed by atoms with Gasteiger partial charge in [-0.15, -0.1) is 0 Å². The molecule has 1 aliphatic carbocycles. The van der Waals surface area contributed by atoms with Crippen LogP contribution in [0, 0.1) is 5.92 Å². The van der Waals surface area contributed by atoms with E-state index >= 15 is 0 Å². The molecule has 4 atom stereocenters. The second-order valence-electron chi connectivity index (χ2n) is 7.65. The summed E-state index contributed by atoms with van der Waals surface area (Å²) < 4.78 is 19.4. The van der Waals surface area contributed by atoms with E-state index in [4.69, 9.17) is 4.74 Å². The van der Waals surface area contributed by atoms with Gasteiger partial charge in [-0.25, -0.2) is 0 Å². The number of fused-ring (bicyclic) bond motifs is 1. The summed E-state index contributed by atoms with van der Waals surface area (Å²) in [5.41, 5.74) is 2.35. The Morgan fingerprint density at radius 1 is 1.04 bits per heavy atom. The Morgan fingerprint density at radius 2 is 1.69 bits per heavy atom. The number of epoxide rings is 1. The van der Waals surface area contributed by atoms with Crippen LogP contribution in [0.1, 0.15) is 38.7 Å². The predicted octanol–water partition coefficient (Wildman–Crippen LogP) is 5.22. The van der Waals surface area contributed by atoms with Gasteiger partial charge in [0.1, 0.15) is 5.60 Å². The monoisotopic (exact) mass is 366 g/mol. The van der Waals surface area contributed by atoms with Crippen molar-refractivity contribution < 1.29 is 8.95 Å². The topological polar surface area (TPSA) is 29.6 Å². The second kappa shape index (κ2) is 7.13. The lowest BCUT2D eigenvalue weighted by Crippen LogP contribution is -2.26.